The van der Waals surface area contributed by atoms with Crippen LogP contribution in [0.5, 0.6) is 5.75 Å². The van der Waals surface area contributed by atoms with Crippen molar-refractivity contribution in [2.45, 2.75) is 26.1 Å². The number of ether oxygens (including phenoxy) is 1. The van der Waals surface area contributed by atoms with Crippen LogP contribution in [0.4, 0.5) is 0 Å². The molecule has 1 atom stereocenters. The number of nitrogens with one attached hydrogen (secondary N) is 1. The summed E-state index contributed by atoms with van der Waals surface area (Å²) in [6.45, 7) is 2.23. The van der Waals surface area contributed by atoms with E-state index in [0.29, 0.717) is 24.3 Å². The fourth-order valence-electron chi connectivity index (χ4n) is 2.15. The summed E-state index contributed by atoms with van der Waals surface area (Å²) < 4.78 is 5.56. The number of benzene rings is 2. The number of nitrogens with zero attached hydrogens (tertiary/aromatic N) is 1. The maximum atomic E-state index is 12.0. The third-order valence-electron chi connectivity index (χ3n) is 3.58. The lowest BCUT2D eigenvalue weighted by Gasteiger charge is -2.14. The zero-order valence-electron chi connectivity index (χ0n) is 13.5. The van der Waals surface area contributed by atoms with Gasteiger partial charge in [0.1, 0.15) is 5.75 Å². The fraction of sp³-hybridized carbons (Fsp3) is 0.263. The number of carbonyl (C=O) groups excluding carboxylic acids is 1. The molecule has 0 saturated heterocycles. The summed E-state index contributed by atoms with van der Waals surface area (Å²) in [5, 5.41) is 20.6. The van der Waals surface area contributed by atoms with E-state index in [4.69, 9.17) is 15.1 Å². The summed E-state index contributed by atoms with van der Waals surface area (Å²) in [5.74, 6) is 0.364. The van der Waals surface area contributed by atoms with Gasteiger partial charge in [-0.2, -0.15) is 5.26 Å². The van der Waals surface area contributed by atoms with Gasteiger partial charge in [0.25, 0.3) is 5.91 Å². The van der Waals surface area contributed by atoms with Gasteiger partial charge < -0.3 is 15.2 Å². The van der Waals surface area contributed by atoms with Crippen molar-refractivity contribution in [3.63, 3.8) is 0 Å². The van der Waals surface area contributed by atoms with E-state index in [1.807, 2.05) is 30.3 Å². The molecule has 2 N–H and O–H groups in total. The summed E-state index contributed by atoms with van der Waals surface area (Å²) in [5.41, 5.74) is 2.51. The van der Waals surface area contributed by atoms with Gasteiger partial charge >= 0.3 is 0 Å². The Bertz CT molecular complexity index is 703. The Morgan fingerprint density at radius 1 is 1.17 bits per heavy atom. The number of carbonyl (C=O) groups is 1. The fourth-order valence-corrected chi connectivity index (χ4v) is 2.15. The second kappa shape index (κ2) is 8.70. The number of amides is 1. The van der Waals surface area contributed by atoms with Crippen LogP contribution >= 0.6 is 0 Å². The second-order valence-electron chi connectivity index (χ2n) is 5.41. The van der Waals surface area contributed by atoms with E-state index >= 15 is 0 Å². The summed E-state index contributed by atoms with van der Waals surface area (Å²) in [6, 6.07) is 16.3. The van der Waals surface area contributed by atoms with Crippen LogP contribution in [0, 0.1) is 11.3 Å². The molecule has 0 aromatic heterocycles. The minimum atomic E-state index is -0.616. The number of hydrogen-bond acceptors (Lipinski definition) is 4. The largest absolute Gasteiger partial charge is 0.481 e. The normalized spacial score (nSPS) is 11.4. The van der Waals surface area contributed by atoms with E-state index < -0.39 is 6.10 Å². The lowest BCUT2D eigenvalue weighted by Crippen LogP contribution is -2.37. The highest BCUT2D eigenvalue weighted by molar-refractivity contribution is 5.80. The molecule has 0 radical (unpaired) electrons. The molecule has 24 heavy (non-hydrogen) atoms. The first-order chi connectivity index (χ1) is 11.6. The van der Waals surface area contributed by atoms with Crippen molar-refractivity contribution in [3.8, 4) is 11.8 Å². The second-order valence-corrected chi connectivity index (χ2v) is 5.41. The highest BCUT2D eigenvalue weighted by Gasteiger charge is 2.14. The SMILES string of the molecule is CC(Oc1ccc(C#N)cc1)C(=O)NCCc1ccc(CO)cc1. The number of nitriles is 1. The van der Waals surface area contributed by atoms with Gasteiger partial charge in [0.15, 0.2) is 6.10 Å². The molecular weight excluding hydrogens is 304 g/mol. The molecule has 2 rings (SSSR count). The molecule has 5 nitrogen and oxygen atoms in total. The van der Waals surface area contributed by atoms with Crippen molar-refractivity contribution in [3.05, 3.63) is 65.2 Å². The predicted molar refractivity (Wildman–Crippen MR) is 90.3 cm³/mol. The van der Waals surface area contributed by atoms with Gasteiger partial charge in [0, 0.05) is 6.54 Å². The Hall–Kier alpha value is -2.84. The standard InChI is InChI=1S/C19H20N2O3/c1-14(24-18-8-6-16(12-20)7-9-18)19(23)21-11-10-15-2-4-17(13-22)5-3-15/h2-9,14,22H,10-11,13H2,1H3,(H,21,23). The number of aliphatic hydroxyl groups excluding tert-OH is 1. The monoisotopic (exact) mass is 324 g/mol. The van der Waals surface area contributed by atoms with E-state index in [2.05, 4.69) is 5.32 Å². The molecule has 0 aliphatic carbocycles. The molecule has 0 fully saturated rings. The van der Waals surface area contributed by atoms with E-state index in [0.717, 1.165) is 11.1 Å². The minimum Gasteiger partial charge on any atom is -0.481 e. The van der Waals surface area contributed by atoms with Crippen molar-refractivity contribution in [1.82, 2.24) is 5.32 Å². The molecular formula is C19H20N2O3. The molecule has 1 unspecified atom stereocenters. The first-order valence-corrected chi connectivity index (χ1v) is 7.75. The molecule has 0 spiro atoms. The van der Waals surface area contributed by atoms with Crippen LogP contribution in [-0.4, -0.2) is 23.7 Å². The van der Waals surface area contributed by atoms with Gasteiger partial charge in [-0.1, -0.05) is 24.3 Å². The molecule has 124 valence electrons. The van der Waals surface area contributed by atoms with Gasteiger partial charge in [-0.15, -0.1) is 0 Å². The molecule has 0 heterocycles. The first kappa shape index (κ1) is 17.5. The highest BCUT2D eigenvalue weighted by atomic mass is 16.5. The molecule has 2 aromatic carbocycles. The number of hydrogen-bond donors (Lipinski definition) is 2. The van der Waals surface area contributed by atoms with Crippen molar-refractivity contribution in [1.29, 1.82) is 5.26 Å². The summed E-state index contributed by atoms with van der Waals surface area (Å²) >= 11 is 0. The average molecular weight is 324 g/mol. The Morgan fingerprint density at radius 2 is 1.79 bits per heavy atom. The van der Waals surface area contributed by atoms with Crippen LogP contribution in [0.3, 0.4) is 0 Å². The Labute approximate surface area is 141 Å². The number of rotatable bonds is 7. The molecule has 5 heteroatoms. The van der Waals surface area contributed by atoms with Crippen LogP contribution in [-0.2, 0) is 17.8 Å². The minimum absolute atomic E-state index is 0.0290. The van der Waals surface area contributed by atoms with Crippen LogP contribution < -0.4 is 10.1 Å². The topological polar surface area (TPSA) is 82.3 Å². The van der Waals surface area contributed by atoms with Gasteiger partial charge in [0.05, 0.1) is 18.2 Å². The zero-order valence-corrected chi connectivity index (χ0v) is 13.5. The van der Waals surface area contributed by atoms with Crippen LogP contribution in [0.25, 0.3) is 0 Å². The quantitative estimate of drug-likeness (QED) is 0.818. The Balaban J connectivity index is 1.77. The van der Waals surface area contributed by atoms with E-state index in [9.17, 15) is 4.79 Å². The lowest BCUT2D eigenvalue weighted by atomic mass is 10.1. The third-order valence-corrected chi connectivity index (χ3v) is 3.58. The summed E-state index contributed by atoms with van der Waals surface area (Å²) in [7, 11) is 0. The molecule has 0 bridgehead atoms. The van der Waals surface area contributed by atoms with Crippen molar-refractivity contribution in [2.75, 3.05) is 6.54 Å². The van der Waals surface area contributed by atoms with Crippen molar-refractivity contribution >= 4 is 5.91 Å². The average Bonchev–Trinajstić information content (AvgIpc) is 2.62. The maximum Gasteiger partial charge on any atom is 0.260 e. The molecule has 0 aliphatic rings. The van der Waals surface area contributed by atoms with E-state index in [1.54, 1.807) is 31.2 Å². The summed E-state index contributed by atoms with van der Waals surface area (Å²) in [4.78, 5) is 12.0. The lowest BCUT2D eigenvalue weighted by molar-refractivity contribution is -0.127. The smallest absolute Gasteiger partial charge is 0.260 e. The Morgan fingerprint density at radius 3 is 2.38 bits per heavy atom. The first-order valence-electron chi connectivity index (χ1n) is 7.75. The summed E-state index contributed by atoms with van der Waals surface area (Å²) in [6.07, 6.45) is 0.0933. The van der Waals surface area contributed by atoms with Crippen LogP contribution in [0.1, 0.15) is 23.6 Å². The Kier molecular flexibility index (Phi) is 6.35. The maximum absolute atomic E-state index is 12.0. The predicted octanol–water partition coefficient (Wildman–Crippen LogP) is 2.18. The number of aliphatic hydroxyl groups is 1. The molecule has 0 saturated carbocycles. The van der Waals surface area contributed by atoms with Gasteiger partial charge in [0.2, 0.25) is 0 Å². The van der Waals surface area contributed by atoms with E-state index in [1.165, 1.54) is 0 Å². The highest BCUT2D eigenvalue weighted by Crippen LogP contribution is 2.13. The zero-order chi connectivity index (χ0) is 17.4. The van der Waals surface area contributed by atoms with Gasteiger partial charge in [-0.05, 0) is 48.7 Å². The molecule has 1 amide bonds. The molecule has 2 aromatic rings. The molecule has 0 aliphatic heterocycles. The third kappa shape index (κ3) is 5.11. The van der Waals surface area contributed by atoms with Crippen molar-refractivity contribution < 1.29 is 14.6 Å². The van der Waals surface area contributed by atoms with E-state index in [-0.39, 0.29) is 12.5 Å². The van der Waals surface area contributed by atoms with Crippen molar-refractivity contribution in [2.24, 2.45) is 0 Å². The van der Waals surface area contributed by atoms with Gasteiger partial charge in [-0.25, -0.2) is 0 Å². The van der Waals surface area contributed by atoms with Gasteiger partial charge in [-0.3, -0.25) is 4.79 Å². The van der Waals surface area contributed by atoms with Crippen LogP contribution in [0.2, 0.25) is 0 Å². The van der Waals surface area contributed by atoms with Crippen LogP contribution in [0.15, 0.2) is 48.5 Å².